The van der Waals surface area contributed by atoms with Crippen molar-refractivity contribution in [1.29, 1.82) is 0 Å². The van der Waals surface area contributed by atoms with Crippen molar-refractivity contribution in [3.8, 4) is 0 Å². The number of aromatic nitrogens is 2. The minimum Gasteiger partial charge on any atom is -0.393 e. The first kappa shape index (κ1) is 18.6. The smallest absolute Gasteiger partial charge is 0.159 e. The first-order valence-corrected chi connectivity index (χ1v) is 11.2. The van der Waals surface area contributed by atoms with Gasteiger partial charge in [0.05, 0.1) is 12.3 Å². The number of aryl methyl sites for hydroxylation is 1. The Kier molecular flexibility index (Phi) is 4.18. The van der Waals surface area contributed by atoms with Gasteiger partial charge < -0.3 is 5.11 Å². The molecule has 1 heterocycles. The fourth-order valence-electron chi connectivity index (χ4n) is 7.83. The van der Waals surface area contributed by atoms with E-state index in [1.807, 2.05) is 19.4 Å². The Bertz CT molecular complexity index is 826. The molecule has 1 aromatic heterocycles. The fraction of sp³-hybridized carbons (Fsp3) is 0.750. The average Bonchev–Trinajstić information content (AvgIpc) is 3.19. The third-order valence-corrected chi connectivity index (χ3v) is 9.44. The maximum atomic E-state index is 12.9. The molecule has 28 heavy (non-hydrogen) atoms. The van der Waals surface area contributed by atoms with Crippen molar-refractivity contribution in [2.24, 2.45) is 41.5 Å². The molecular formula is C24H34N2O2. The summed E-state index contributed by atoms with van der Waals surface area (Å²) in [6.07, 6.45) is 14.4. The highest BCUT2D eigenvalue weighted by Gasteiger charge is 2.60. The van der Waals surface area contributed by atoms with Gasteiger partial charge in [0.2, 0.25) is 0 Å². The third kappa shape index (κ3) is 2.59. The molecule has 4 aliphatic rings. The van der Waals surface area contributed by atoms with Crippen LogP contribution in [0.15, 0.2) is 18.0 Å². The van der Waals surface area contributed by atoms with Gasteiger partial charge >= 0.3 is 0 Å². The minimum absolute atomic E-state index is 0.113. The van der Waals surface area contributed by atoms with Gasteiger partial charge in [-0.2, -0.15) is 5.10 Å². The zero-order valence-corrected chi connectivity index (χ0v) is 17.5. The van der Waals surface area contributed by atoms with E-state index < -0.39 is 0 Å². The van der Waals surface area contributed by atoms with Crippen LogP contribution in [0.4, 0.5) is 0 Å². The molecule has 5 rings (SSSR count). The van der Waals surface area contributed by atoms with Crippen molar-refractivity contribution >= 4 is 11.9 Å². The van der Waals surface area contributed by atoms with Gasteiger partial charge in [-0.3, -0.25) is 9.48 Å². The molecule has 4 saturated carbocycles. The standard InChI is InChI=1S/C24H34N2O2/c1-23-9-8-20-18(19(23)6-7-22(23)28)5-4-17-11-21(27)16(12-24(17,20)2)10-15-13-25-26(3)14-15/h10,13-14,17-20,22,28H,4-9,11-12H2,1-3H3/b16-10+/t17-,18+,19+,20+,22+,23-,24-/m0/s1. The second-order valence-electron chi connectivity index (χ2n) is 10.7. The number of allylic oxidation sites excluding steroid dienone is 1. The Hall–Kier alpha value is -1.42. The summed E-state index contributed by atoms with van der Waals surface area (Å²) in [6.45, 7) is 4.82. The summed E-state index contributed by atoms with van der Waals surface area (Å²) in [6, 6.07) is 0. The molecule has 0 radical (unpaired) electrons. The molecule has 0 unspecified atom stereocenters. The van der Waals surface area contributed by atoms with E-state index in [9.17, 15) is 9.90 Å². The SMILES string of the molecule is Cn1cc(/C=C2\C[C@@]3(C)[C@@H](CC[C@H]4[C@H]3CC[C@]3(C)[C@H](O)CC[C@H]43)CC2=O)cn1. The minimum atomic E-state index is -0.113. The number of nitrogens with zero attached hydrogens (tertiary/aromatic N) is 2. The van der Waals surface area contributed by atoms with Gasteiger partial charge in [-0.1, -0.05) is 13.8 Å². The molecule has 0 amide bonds. The molecule has 0 aromatic carbocycles. The van der Waals surface area contributed by atoms with Crippen LogP contribution in [0, 0.1) is 34.5 Å². The summed E-state index contributed by atoms with van der Waals surface area (Å²) in [7, 11) is 1.92. The first-order valence-electron chi connectivity index (χ1n) is 11.2. The number of Topliss-reactive ketones (excluding diaryl/α,β-unsaturated/α-hetero) is 1. The maximum absolute atomic E-state index is 12.9. The second-order valence-corrected chi connectivity index (χ2v) is 10.7. The normalized spacial score (nSPS) is 46.9. The third-order valence-electron chi connectivity index (χ3n) is 9.44. The number of aliphatic hydroxyl groups excluding tert-OH is 1. The molecule has 7 atom stereocenters. The number of aliphatic hydroxyl groups is 1. The predicted molar refractivity (Wildman–Crippen MR) is 109 cm³/mol. The monoisotopic (exact) mass is 382 g/mol. The molecular weight excluding hydrogens is 348 g/mol. The molecule has 0 bridgehead atoms. The Morgan fingerprint density at radius 1 is 1.14 bits per heavy atom. The lowest BCUT2D eigenvalue weighted by atomic mass is 9.45. The highest BCUT2D eigenvalue weighted by atomic mass is 16.3. The average molecular weight is 383 g/mol. The lowest BCUT2D eigenvalue weighted by molar-refractivity contribution is -0.134. The van der Waals surface area contributed by atoms with Crippen LogP contribution in [0.25, 0.3) is 6.08 Å². The molecule has 1 N–H and O–H groups in total. The molecule has 0 saturated heterocycles. The molecule has 0 aliphatic heterocycles. The number of carbonyl (C=O) groups excluding carboxylic acids is 1. The molecule has 1 aromatic rings. The molecule has 4 nitrogen and oxygen atoms in total. The van der Waals surface area contributed by atoms with Crippen molar-refractivity contribution in [3.05, 3.63) is 23.5 Å². The summed E-state index contributed by atoms with van der Waals surface area (Å²) in [5, 5.41) is 14.9. The van der Waals surface area contributed by atoms with Gasteiger partial charge in [-0.05, 0) is 91.1 Å². The maximum Gasteiger partial charge on any atom is 0.159 e. The summed E-state index contributed by atoms with van der Waals surface area (Å²) < 4.78 is 1.80. The summed E-state index contributed by atoms with van der Waals surface area (Å²) in [5.41, 5.74) is 2.39. The Morgan fingerprint density at radius 3 is 2.68 bits per heavy atom. The van der Waals surface area contributed by atoms with Gasteiger partial charge in [-0.15, -0.1) is 0 Å². The molecule has 4 heteroatoms. The molecule has 4 aliphatic carbocycles. The van der Waals surface area contributed by atoms with Crippen molar-refractivity contribution in [2.75, 3.05) is 0 Å². The van der Waals surface area contributed by atoms with Crippen LogP contribution in [-0.4, -0.2) is 26.8 Å². The summed E-state index contributed by atoms with van der Waals surface area (Å²) in [5.74, 6) is 2.97. The van der Waals surface area contributed by atoms with E-state index in [4.69, 9.17) is 0 Å². The molecule has 0 spiro atoms. The van der Waals surface area contributed by atoms with Crippen LogP contribution in [-0.2, 0) is 11.8 Å². The van der Waals surface area contributed by atoms with Crippen LogP contribution >= 0.6 is 0 Å². The Morgan fingerprint density at radius 2 is 1.93 bits per heavy atom. The lowest BCUT2D eigenvalue weighted by Crippen LogP contribution is -2.54. The summed E-state index contributed by atoms with van der Waals surface area (Å²) in [4.78, 5) is 12.9. The van der Waals surface area contributed by atoms with E-state index >= 15 is 0 Å². The number of fused-ring (bicyclic) bond motifs is 5. The van der Waals surface area contributed by atoms with Gasteiger partial charge in [0, 0.05) is 25.2 Å². The van der Waals surface area contributed by atoms with E-state index in [0.717, 1.165) is 42.7 Å². The Labute approximate surface area is 168 Å². The van der Waals surface area contributed by atoms with Crippen LogP contribution in [0.2, 0.25) is 0 Å². The van der Waals surface area contributed by atoms with Gasteiger partial charge in [0.15, 0.2) is 5.78 Å². The van der Waals surface area contributed by atoms with Crippen LogP contribution in [0.5, 0.6) is 0 Å². The highest BCUT2D eigenvalue weighted by Crippen LogP contribution is 2.66. The van der Waals surface area contributed by atoms with E-state index in [-0.39, 0.29) is 16.9 Å². The topological polar surface area (TPSA) is 55.1 Å². The number of hydrogen-bond donors (Lipinski definition) is 1. The van der Waals surface area contributed by atoms with Crippen LogP contribution in [0.1, 0.15) is 70.8 Å². The van der Waals surface area contributed by atoms with Gasteiger partial charge in [-0.25, -0.2) is 0 Å². The lowest BCUT2D eigenvalue weighted by Gasteiger charge is -2.60. The quantitative estimate of drug-likeness (QED) is 0.733. The second kappa shape index (κ2) is 6.29. The number of ketones is 1. The summed E-state index contributed by atoms with van der Waals surface area (Å²) >= 11 is 0. The van der Waals surface area contributed by atoms with E-state index in [2.05, 4.69) is 25.0 Å². The van der Waals surface area contributed by atoms with Gasteiger partial charge in [0.1, 0.15) is 0 Å². The zero-order valence-electron chi connectivity index (χ0n) is 17.5. The van der Waals surface area contributed by atoms with E-state index in [1.54, 1.807) is 4.68 Å². The van der Waals surface area contributed by atoms with Crippen molar-refractivity contribution < 1.29 is 9.90 Å². The van der Waals surface area contributed by atoms with Crippen molar-refractivity contribution in [2.45, 2.75) is 71.3 Å². The number of rotatable bonds is 1. The predicted octanol–water partition coefficient (Wildman–Crippen LogP) is 4.39. The zero-order chi connectivity index (χ0) is 19.7. The Balaban J connectivity index is 1.46. The van der Waals surface area contributed by atoms with Crippen LogP contribution < -0.4 is 0 Å². The first-order chi connectivity index (χ1) is 13.3. The highest BCUT2D eigenvalue weighted by molar-refractivity contribution is 6.00. The van der Waals surface area contributed by atoms with E-state index in [0.29, 0.717) is 23.5 Å². The van der Waals surface area contributed by atoms with E-state index in [1.165, 1.54) is 25.7 Å². The molecule has 152 valence electrons. The van der Waals surface area contributed by atoms with Crippen LogP contribution in [0.3, 0.4) is 0 Å². The van der Waals surface area contributed by atoms with Crippen molar-refractivity contribution in [1.82, 2.24) is 9.78 Å². The number of carbonyl (C=O) groups is 1. The fourth-order valence-corrected chi connectivity index (χ4v) is 7.83. The van der Waals surface area contributed by atoms with Gasteiger partial charge in [0.25, 0.3) is 0 Å². The number of hydrogen-bond acceptors (Lipinski definition) is 3. The molecule has 4 fully saturated rings. The largest absolute Gasteiger partial charge is 0.393 e. The van der Waals surface area contributed by atoms with Crippen molar-refractivity contribution in [3.63, 3.8) is 0 Å².